The molecular formula is C23H28N2O6S. The molecule has 172 valence electrons. The summed E-state index contributed by atoms with van der Waals surface area (Å²) in [6, 6.07) is 4.72. The summed E-state index contributed by atoms with van der Waals surface area (Å²) in [5.74, 6) is 10.5. The molecule has 4 N–H and O–H groups in total. The molecule has 0 aliphatic heterocycles. The Morgan fingerprint density at radius 1 is 1.19 bits per heavy atom. The first-order valence-electron chi connectivity index (χ1n) is 10.2. The van der Waals surface area contributed by atoms with Crippen LogP contribution in [0.5, 0.6) is 0 Å². The summed E-state index contributed by atoms with van der Waals surface area (Å²) in [6.45, 7) is 2.77. The molecule has 1 aromatic rings. The number of aliphatic hydroxyl groups is 1. The lowest BCUT2D eigenvalue weighted by atomic mass is 10.0. The van der Waals surface area contributed by atoms with Crippen LogP contribution in [0.25, 0.3) is 0 Å². The normalized spacial score (nSPS) is 19.0. The Balaban J connectivity index is 2.08. The maximum absolute atomic E-state index is 12.6. The first-order chi connectivity index (χ1) is 15.0. The minimum atomic E-state index is -3.75. The van der Waals surface area contributed by atoms with E-state index in [1.54, 1.807) is 12.1 Å². The number of benzene rings is 1. The lowest BCUT2D eigenvalue weighted by Gasteiger charge is -2.31. The van der Waals surface area contributed by atoms with Crippen molar-refractivity contribution in [1.29, 1.82) is 0 Å². The van der Waals surface area contributed by atoms with Crippen LogP contribution in [0.4, 0.5) is 0 Å². The third-order valence-electron chi connectivity index (χ3n) is 5.79. The van der Waals surface area contributed by atoms with Crippen LogP contribution in [-0.4, -0.2) is 54.2 Å². The van der Waals surface area contributed by atoms with Crippen LogP contribution < -0.4 is 10.8 Å². The molecule has 2 rings (SSSR count). The van der Waals surface area contributed by atoms with Gasteiger partial charge in [0.25, 0.3) is 11.8 Å². The monoisotopic (exact) mass is 460 g/mol. The number of nitrogens with one attached hydrogen (secondary N) is 2. The van der Waals surface area contributed by atoms with Crippen LogP contribution in [0.15, 0.2) is 24.3 Å². The molecule has 0 aromatic heterocycles. The van der Waals surface area contributed by atoms with E-state index < -0.39 is 32.4 Å². The molecule has 0 spiro atoms. The van der Waals surface area contributed by atoms with Crippen LogP contribution in [0.1, 0.15) is 49.0 Å². The summed E-state index contributed by atoms with van der Waals surface area (Å²) in [4.78, 5) is 24.6. The molecule has 0 bridgehead atoms. The Labute approximate surface area is 188 Å². The molecule has 1 aliphatic carbocycles. The Hall–Kier alpha value is -2.85. The van der Waals surface area contributed by atoms with E-state index in [1.165, 1.54) is 31.5 Å². The van der Waals surface area contributed by atoms with Gasteiger partial charge in [0.05, 0.1) is 4.75 Å². The number of aliphatic hydroxyl groups excluding tert-OH is 1. The summed E-state index contributed by atoms with van der Waals surface area (Å²) in [5.41, 5.74) is 2.23. The van der Waals surface area contributed by atoms with Crippen molar-refractivity contribution in [1.82, 2.24) is 10.8 Å². The average molecular weight is 461 g/mol. The number of hydrogen-bond acceptors (Lipinski definition) is 6. The lowest BCUT2D eigenvalue weighted by Crippen LogP contribution is -2.60. The number of hydrogen-bond donors (Lipinski definition) is 4. The molecule has 3 atom stereocenters. The summed E-state index contributed by atoms with van der Waals surface area (Å²) in [5, 5.41) is 20.5. The van der Waals surface area contributed by atoms with Gasteiger partial charge in [0.2, 0.25) is 0 Å². The lowest BCUT2D eigenvalue weighted by molar-refractivity contribution is -0.131. The van der Waals surface area contributed by atoms with Gasteiger partial charge in [0.15, 0.2) is 9.84 Å². The predicted molar refractivity (Wildman–Crippen MR) is 119 cm³/mol. The minimum Gasteiger partial charge on any atom is -0.396 e. The highest BCUT2D eigenvalue weighted by atomic mass is 32.2. The highest BCUT2D eigenvalue weighted by Crippen LogP contribution is 2.29. The molecule has 1 saturated carbocycles. The van der Waals surface area contributed by atoms with Gasteiger partial charge in [-0.15, -0.1) is 0 Å². The number of carbonyl (C=O) groups excluding carboxylic acids is 2. The fourth-order valence-electron chi connectivity index (χ4n) is 3.37. The van der Waals surface area contributed by atoms with Crippen molar-refractivity contribution in [3.8, 4) is 23.7 Å². The van der Waals surface area contributed by atoms with Gasteiger partial charge in [-0.25, -0.2) is 13.9 Å². The molecule has 0 radical (unpaired) electrons. The van der Waals surface area contributed by atoms with Gasteiger partial charge in [0, 0.05) is 29.9 Å². The molecule has 1 fully saturated rings. The van der Waals surface area contributed by atoms with E-state index in [1.807, 2.05) is 0 Å². The highest BCUT2D eigenvalue weighted by molar-refractivity contribution is 7.92. The van der Waals surface area contributed by atoms with Crippen LogP contribution in [0.2, 0.25) is 0 Å². The summed E-state index contributed by atoms with van der Waals surface area (Å²) in [7, 11) is -3.75. The van der Waals surface area contributed by atoms with E-state index in [9.17, 15) is 18.0 Å². The zero-order valence-electron chi connectivity index (χ0n) is 18.3. The Bertz CT molecular complexity index is 1070. The van der Waals surface area contributed by atoms with Gasteiger partial charge in [-0.3, -0.25) is 14.8 Å². The maximum atomic E-state index is 12.6. The Morgan fingerprint density at radius 2 is 1.84 bits per heavy atom. The van der Waals surface area contributed by atoms with E-state index >= 15 is 0 Å². The molecule has 1 aliphatic rings. The molecular weight excluding hydrogens is 432 g/mol. The van der Waals surface area contributed by atoms with E-state index in [2.05, 4.69) is 29.0 Å². The van der Waals surface area contributed by atoms with Crippen LogP contribution in [0.3, 0.4) is 0 Å². The fraction of sp³-hybridized carbons (Fsp3) is 0.478. The van der Waals surface area contributed by atoms with Crippen LogP contribution in [-0.2, 0) is 14.6 Å². The second-order valence-corrected chi connectivity index (χ2v) is 11.0. The third kappa shape index (κ3) is 6.33. The smallest absolute Gasteiger partial charge is 0.267 e. The van der Waals surface area contributed by atoms with E-state index in [0.717, 1.165) is 25.5 Å². The average Bonchev–Trinajstić information content (AvgIpc) is 3.22. The Morgan fingerprint density at radius 3 is 2.38 bits per heavy atom. The summed E-state index contributed by atoms with van der Waals surface area (Å²) >= 11 is 0. The molecule has 9 heteroatoms. The predicted octanol–water partition coefficient (Wildman–Crippen LogP) is 0.877. The highest BCUT2D eigenvalue weighted by Gasteiger charge is 2.44. The standard InChI is InChI=1S/C23H28N2O6S/c1-23(2,32(3,30)31)20(22(28)25-29)24-21(27)19-12-10-16(11-13-19)6-4-5-7-17-8-9-18(14-17)15-26/h10-13,17-18,20,26,29H,8-9,14-15H2,1-3H3,(H,24,27)(H,25,28)/t17?,18?,20-/m1/s1. The van der Waals surface area contributed by atoms with Gasteiger partial charge < -0.3 is 10.4 Å². The van der Waals surface area contributed by atoms with Crippen molar-refractivity contribution in [3.63, 3.8) is 0 Å². The zero-order chi connectivity index (χ0) is 23.9. The van der Waals surface area contributed by atoms with Gasteiger partial charge in [-0.05, 0) is 75.1 Å². The third-order valence-corrected chi connectivity index (χ3v) is 7.94. The van der Waals surface area contributed by atoms with Crippen molar-refractivity contribution in [2.75, 3.05) is 12.9 Å². The SMILES string of the molecule is CC(C)([C@H](NC(=O)c1ccc(C#CC#CC2CCC(CO)C2)cc1)C(=O)NO)S(C)(=O)=O. The van der Waals surface area contributed by atoms with Crippen molar-refractivity contribution in [2.24, 2.45) is 11.8 Å². The number of sulfone groups is 1. The van der Waals surface area contributed by atoms with Crippen LogP contribution >= 0.6 is 0 Å². The molecule has 0 saturated heterocycles. The minimum absolute atomic E-state index is 0.195. The van der Waals surface area contributed by atoms with E-state index in [-0.39, 0.29) is 18.1 Å². The fourth-order valence-corrected chi connectivity index (χ4v) is 3.96. The first-order valence-corrected chi connectivity index (χ1v) is 12.1. The number of hydroxylamine groups is 1. The largest absolute Gasteiger partial charge is 0.396 e. The topological polar surface area (TPSA) is 133 Å². The summed E-state index contributed by atoms with van der Waals surface area (Å²) in [6.07, 6.45) is 3.79. The van der Waals surface area contributed by atoms with Gasteiger partial charge in [-0.1, -0.05) is 11.8 Å². The quantitative estimate of drug-likeness (QED) is 0.283. The van der Waals surface area contributed by atoms with Crippen molar-refractivity contribution in [3.05, 3.63) is 35.4 Å². The maximum Gasteiger partial charge on any atom is 0.267 e. The molecule has 1 aromatic carbocycles. The number of rotatable bonds is 6. The van der Waals surface area contributed by atoms with Crippen molar-refractivity contribution >= 4 is 21.7 Å². The van der Waals surface area contributed by atoms with Crippen molar-refractivity contribution < 1.29 is 28.3 Å². The number of amides is 2. The zero-order valence-corrected chi connectivity index (χ0v) is 19.1. The summed E-state index contributed by atoms with van der Waals surface area (Å²) < 4.78 is 22.5. The molecule has 8 nitrogen and oxygen atoms in total. The molecule has 32 heavy (non-hydrogen) atoms. The molecule has 2 amide bonds. The van der Waals surface area contributed by atoms with Gasteiger partial charge in [0.1, 0.15) is 6.04 Å². The Kier molecular flexibility index (Phi) is 8.45. The van der Waals surface area contributed by atoms with Crippen molar-refractivity contribution in [2.45, 2.75) is 43.9 Å². The molecule has 0 heterocycles. The second kappa shape index (κ2) is 10.6. The number of carbonyl (C=O) groups is 2. The van der Waals surface area contributed by atoms with E-state index in [4.69, 9.17) is 10.3 Å². The first kappa shape index (κ1) is 25.4. The van der Waals surface area contributed by atoms with Gasteiger partial charge in [-0.2, -0.15) is 0 Å². The van der Waals surface area contributed by atoms with Crippen LogP contribution in [0, 0.1) is 35.5 Å². The second-order valence-electron chi connectivity index (χ2n) is 8.41. The van der Waals surface area contributed by atoms with E-state index in [0.29, 0.717) is 11.5 Å². The van der Waals surface area contributed by atoms with Gasteiger partial charge >= 0.3 is 0 Å². The molecule has 2 unspecified atom stereocenters.